The molecule has 2 aliphatic rings. The Balaban J connectivity index is 1.46. The quantitative estimate of drug-likeness (QED) is 0.873. The lowest BCUT2D eigenvalue weighted by molar-refractivity contribution is -0.123. The minimum Gasteiger partial charge on any atom is -0.390 e. The van der Waals surface area contributed by atoms with Gasteiger partial charge in [0.2, 0.25) is 0 Å². The predicted octanol–water partition coefficient (Wildman–Crippen LogP) is 2.42. The van der Waals surface area contributed by atoms with E-state index in [2.05, 4.69) is 17.4 Å². The minimum absolute atomic E-state index is 0.0960. The summed E-state index contributed by atoms with van der Waals surface area (Å²) >= 11 is 1.62. The van der Waals surface area contributed by atoms with Gasteiger partial charge in [0.1, 0.15) is 6.10 Å². The third-order valence-electron chi connectivity index (χ3n) is 4.51. The second kappa shape index (κ2) is 7.25. The SMILES string of the molecule is OC1C(NCc2ccccc2)C2COC(O2)C1Sc1ccccc1. The first-order valence-corrected chi connectivity index (χ1v) is 9.13. The molecule has 24 heavy (non-hydrogen) atoms. The number of thioether (sulfide) groups is 1. The van der Waals surface area contributed by atoms with Crippen molar-refractivity contribution >= 4 is 11.8 Å². The van der Waals surface area contributed by atoms with Gasteiger partial charge in [-0.1, -0.05) is 48.5 Å². The molecular weight excluding hydrogens is 322 g/mol. The molecule has 4 rings (SSSR count). The number of aliphatic hydroxyl groups is 1. The van der Waals surface area contributed by atoms with Gasteiger partial charge in [0.05, 0.1) is 24.0 Å². The minimum atomic E-state index is -0.523. The first-order chi connectivity index (χ1) is 11.8. The molecule has 4 nitrogen and oxygen atoms in total. The first kappa shape index (κ1) is 16.1. The van der Waals surface area contributed by atoms with Crippen LogP contribution in [0.15, 0.2) is 65.6 Å². The van der Waals surface area contributed by atoms with Crippen LogP contribution in [0.25, 0.3) is 0 Å². The maximum atomic E-state index is 10.9. The molecule has 0 saturated carbocycles. The second-order valence-corrected chi connectivity index (χ2v) is 7.41. The van der Waals surface area contributed by atoms with Crippen LogP contribution in [0, 0.1) is 0 Å². The zero-order valence-corrected chi connectivity index (χ0v) is 14.1. The van der Waals surface area contributed by atoms with Crippen molar-refractivity contribution in [3.8, 4) is 0 Å². The van der Waals surface area contributed by atoms with Gasteiger partial charge < -0.3 is 19.9 Å². The summed E-state index contributed by atoms with van der Waals surface area (Å²) in [7, 11) is 0. The van der Waals surface area contributed by atoms with Crippen molar-refractivity contribution in [1.29, 1.82) is 0 Å². The fourth-order valence-corrected chi connectivity index (χ4v) is 4.44. The number of rotatable bonds is 5. The van der Waals surface area contributed by atoms with Crippen molar-refractivity contribution in [2.24, 2.45) is 0 Å². The molecule has 126 valence electrons. The van der Waals surface area contributed by atoms with Crippen molar-refractivity contribution in [1.82, 2.24) is 5.32 Å². The number of nitrogens with one attached hydrogen (secondary N) is 1. The van der Waals surface area contributed by atoms with E-state index >= 15 is 0 Å². The van der Waals surface area contributed by atoms with Crippen LogP contribution in [0.4, 0.5) is 0 Å². The summed E-state index contributed by atoms with van der Waals surface area (Å²) in [6, 6.07) is 20.2. The summed E-state index contributed by atoms with van der Waals surface area (Å²) in [5.74, 6) is 0. The number of hydrogen-bond acceptors (Lipinski definition) is 5. The van der Waals surface area contributed by atoms with Crippen LogP contribution in [-0.2, 0) is 16.0 Å². The molecule has 0 spiro atoms. The van der Waals surface area contributed by atoms with E-state index in [1.807, 2.05) is 48.5 Å². The Labute approximate surface area is 146 Å². The van der Waals surface area contributed by atoms with Gasteiger partial charge in [-0.25, -0.2) is 0 Å². The fourth-order valence-electron chi connectivity index (χ4n) is 3.25. The van der Waals surface area contributed by atoms with E-state index in [0.29, 0.717) is 13.2 Å². The normalized spacial score (nSPS) is 32.0. The highest BCUT2D eigenvalue weighted by atomic mass is 32.2. The highest BCUT2D eigenvalue weighted by molar-refractivity contribution is 8.00. The summed E-state index contributed by atoms with van der Waals surface area (Å²) in [6.45, 7) is 1.23. The van der Waals surface area contributed by atoms with E-state index in [9.17, 15) is 5.11 Å². The Morgan fingerprint density at radius 1 is 1.04 bits per heavy atom. The molecule has 0 aliphatic carbocycles. The lowest BCUT2D eigenvalue weighted by atomic mass is 9.99. The summed E-state index contributed by atoms with van der Waals surface area (Å²) in [4.78, 5) is 1.11. The Hall–Kier alpha value is -1.37. The number of ether oxygens (including phenoxy) is 2. The second-order valence-electron chi connectivity index (χ2n) is 6.15. The summed E-state index contributed by atoms with van der Waals surface area (Å²) in [6.07, 6.45) is -0.962. The van der Waals surface area contributed by atoms with E-state index in [1.54, 1.807) is 11.8 Å². The molecule has 2 heterocycles. The van der Waals surface area contributed by atoms with Crippen molar-refractivity contribution in [2.45, 2.75) is 41.2 Å². The van der Waals surface area contributed by atoms with Crippen LogP contribution in [0.5, 0.6) is 0 Å². The molecule has 2 fully saturated rings. The van der Waals surface area contributed by atoms with Crippen LogP contribution >= 0.6 is 11.8 Å². The average molecular weight is 343 g/mol. The van der Waals surface area contributed by atoms with Crippen LogP contribution < -0.4 is 5.32 Å². The maximum absolute atomic E-state index is 10.9. The topological polar surface area (TPSA) is 50.7 Å². The lowest BCUT2D eigenvalue weighted by Gasteiger charge is -2.38. The molecule has 2 saturated heterocycles. The van der Waals surface area contributed by atoms with Crippen LogP contribution in [-0.4, -0.2) is 41.5 Å². The van der Waals surface area contributed by atoms with Gasteiger partial charge in [0.25, 0.3) is 0 Å². The average Bonchev–Trinajstić information content (AvgIpc) is 3.06. The number of benzene rings is 2. The standard InChI is InChI=1S/C19H21NO3S/c21-17-16(20-11-13-7-3-1-4-8-13)15-12-22-19(23-15)18(17)24-14-9-5-2-6-10-14/h1-10,15-21H,11-12H2. The largest absolute Gasteiger partial charge is 0.390 e. The molecule has 0 amide bonds. The van der Waals surface area contributed by atoms with Gasteiger partial charge in [0, 0.05) is 11.4 Å². The number of hydrogen-bond donors (Lipinski definition) is 2. The van der Waals surface area contributed by atoms with Crippen molar-refractivity contribution in [3.63, 3.8) is 0 Å². The molecular formula is C19H21NO3S. The van der Waals surface area contributed by atoms with Crippen LogP contribution in [0.3, 0.4) is 0 Å². The number of aliphatic hydroxyl groups excluding tert-OH is 1. The molecule has 2 aliphatic heterocycles. The predicted molar refractivity (Wildman–Crippen MR) is 93.8 cm³/mol. The van der Waals surface area contributed by atoms with Crippen LogP contribution in [0.1, 0.15) is 5.56 Å². The summed E-state index contributed by atoms with van der Waals surface area (Å²) < 4.78 is 11.8. The van der Waals surface area contributed by atoms with Crippen LogP contribution in [0.2, 0.25) is 0 Å². The summed E-state index contributed by atoms with van der Waals surface area (Å²) in [5.41, 5.74) is 1.19. The van der Waals surface area contributed by atoms with Gasteiger partial charge in [0.15, 0.2) is 6.29 Å². The monoisotopic (exact) mass is 343 g/mol. The highest BCUT2D eigenvalue weighted by Gasteiger charge is 2.50. The van der Waals surface area contributed by atoms with E-state index in [1.165, 1.54) is 5.56 Å². The summed E-state index contributed by atoms with van der Waals surface area (Å²) in [5, 5.41) is 14.2. The van der Waals surface area contributed by atoms with Gasteiger partial charge in [-0.2, -0.15) is 0 Å². The van der Waals surface area contributed by atoms with Gasteiger partial charge >= 0.3 is 0 Å². The molecule has 5 heteroatoms. The van der Waals surface area contributed by atoms with Gasteiger partial charge in [-0.15, -0.1) is 11.8 Å². The van der Waals surface area contributed by atoms with Crippen molar-refractivity contribution in [2.75, 3.05) is 6.61 Å². The Morgan fingerprint density at radius 2 is 1.75 bits per heavy atom. The maximum Gasteiger partial charge on any atom is 0.172 e. The third kappa shape index (κ3) is 3.36. The molecule has 2 aromatic rings. The fraction of sp³-hybridized carbons (Fsp3) is 0.368. The molecule has 0 radical (unpaired) electrons. The molecule has 5 atom stereocenters. The Bertz CT molecular complexity index is 654. The van der Waals surface area contributed by atoms with Crippen molar-refractivity contribution < 1.29 is 14.6 Å². The zero-order chi connectivity index (χ0) is 16.4. The van der Waals surface area contributed by atoms with E-state index in [0.717, 1.165) is 4.90 Å². The van der Waals surface area contributed by atoms with E-state index in [-0.39, 0.29) is 23.7 Å². The molecule has 2 bridgehead atoms. The lowest BCUT2D eigenvalue weighted by Crippen LogP contribution is -2.58. The Morgan fingerprint density at radius 3 is 2.50 bits per heavy atom. The van der Waals surface area contributed by atoms with E-state index < -0.39 is 6.10 Å². The van der Waals surface area contributed by atoms with Gasteiger partial charge in [-0.05, 0) is 17.7 Å². The van der Waals surface area contributed by atoms with Gasteiger partial charge in [-0.3, -0.25) is 0 Å². The number of fused-ring (bicyclic) bond motifs is 2. The first-order valence-electron chi connectivity index (χ1n) is 8.25. The molecule has 2 aromatic carbocycles. The third-order valence-corrected chi connectivity index (χ3v) is 5.82. The Kier molecular flexibility index (Phi) is 4.87. The smallest absolute Gasteiger partial charge is 0.172 e. The highest BCUT2D eigenvalue weighted by Crippen LogP contribution is 2.38. The molecule has 0 aromatic heterocycles. The molecule has 5 unspecified atom stereocenters. The van der Waals surface area contributed by atoms with Crippen molar-refractivity contribution in [3.05, 3.63) is 66.2 Å². The zero-order valence-electron chi connectivity index (χ0n) is 13.2. The molecule has 2 N–H and O–H groups in total. The van der Waals surface area contributed by atoms with E-state index in [4.69, 9.17) is 9.47 Å².